The summed E-state index contributed by atoms with van der Waals surface area (Å²) in [5, 5.41) is 0.935. The van der Waals surface area contributed by atoms with E-state index in [1.807, 2.05) is 0 Å². The van der Waals surface area contributed by atoms with Crippen molar-refractivity contribution < 1.29 is 19.1 Å². The molecule has 9 nitrogen and oxygen atoms in total. The van der Waals surface area contributed by atoms with E-state index >= 15 is 0 Å². The van der Waals surface area contributed by atoms with Crippen molar-refractivity contribution in [1.82, 2.24) is 19.5 Å². The van der Waals surface area contributed by atoms with Gasteiger partial charge in [0, 0.05) is 10.6 Å². The van der Waals surface area contributed by atoms with Crippen molar-refractivity contribution in [3.05, 3.63) is 63.9 Å². The molecular weight excluding hydrogens is 475 g/mol. The molecule has 4 aromatic rings. The summed E-state index contributed by atoms with van der Waals surface area (Å²) in [6.45, 7) is 0.530. The third-order valence-corrected chi connectivity index (χ3v) is 6.45. The molecule has 166 valence electrons. The number of aromatic amines is 1. The Bertz CT molecular complexity index is 1370. The molecule has 0 fully saturated rings. The number of nitrogens with zero attached hydrogens (tertiary/aromatic N) is 3. The van der Waals surface area contributed by atoms with Gasteiger partial charge in [0.15, 0.2) is 16.3 Å². The molecule has 0 aliphatic heterocycles. The first-order valence-corrected chi connectivity index (χ1v) is 12.6. The molecule has 0 unspecified atom stereocenters. The van der Waals surface area contributed by atoms with Gasteiger partial charge in [0.1, 0.15) is 18.2 Å². The van der Waals surface area contributed by atoms with E-state index in [-0.39, 0.29) is 35.2 Å². The Kier molecular flexibility index (Phi) is 6.41. The van der Waals surface area contributed by atoms with Gasteiger partial charge >= 0.3 is 7.60 Å². The van der Waals surface area contributed by atoms with Gasteiger partial charge < -0.3 is 19.1 Å². The smallest absolute Gasteiger partial charge is 0.356 e. The van der Waals surface area contributed by atoms with E-state index in [2.05, 4.69) is 15.0 Å². The van der Waals surface area contributed by atoms with Gasteiger partial charge in [-0.15, -0.1) is 0 Å². The van der Waals surface area contributed by atoms with E-state index in [1.54, 1.807) is 47.2 Å². The van der Waals surface area contributed by atoms with Crippen LogP contribution in [-0.4, -0.2) is 42.2 Å². The fourth-order valence-electron chi connectivity index (χ4n) is 3.15. The number of benzene rings is 2. The van der Waals surface area contributed by atoms with Crippen LogP contribution in [-0.2, 0) is 11.1 Å². The van der Waals surface area contributed by atoms with Crippen molar-refractivity contribution in [2.45, 2.75) is 11.7 Å². The number of imidazole rings is 1. The van der Waals surface area contributed by atoms with E-state index in [0.717, 1.165) is 0 Å². The van der Waals surface area contributed by atoms with E-state index < -0.39 is 7.60 Å². The summed E-state index contributed by atoms with van der Waals surface area (Å²) in [5.74, 6) is 1.07. The number of rotatable bonds is 7. The molecule has 0 atom stereocenters. The summed E-state index contributed by atoms with van der Waals surface area (Å²) < 4.78 is 19.0. The molecule has 2 heterocycles. The summed E-state index contributed by atoms with van der Waals surface area (Å²) in [5.41, 5.74) is 0.809. The normalized spacial score (nSPS) is 11.8. The van der Waals surface area contributed by atoms with Crippen LogP contribution in [0.25, 0.3) is 22.6 Å². The minimum atomic E-state index is -4.37. The first kappa shape index (κ1) is 22.6. The highest BCUT2D eigenvalue weighted by atomic mass is 35.5. The maximum atomic E-state index is 12.8. The maximum Gasteiger partial charge on any atom is 0.356 e. The highest BCUT2D eigenvalue weighted by Crippen LogP contribution is 2.34. The minimum Gasteiger partial charge on any atom is -0.492 e. The zero-order valence-electron chi connectivity index (χ0n) is 16.7. The molecule has 0 aliphatic rings. The Morgan fingerprint density at radius 1 is 1.12 bits per heavy atom. The maximum absolute atomic E-state index is 12.8. The highest BCUT2D eigenvalue weighted by molar-refractivity contribution is 7.98. The standard InChI is InChI=1S/C20H18ClN4O5PS/c1-32-20-23-17-16(19(26)24-20)25(10-11-30-14-6-4-13(21)5-7-14)18(22-17)12-2-8-15(9-3-12)31(27,28)29/h2-9H,10-11H2,1H3,(H,23,24,26)(H2,27,28,29). The summed E-state index contributed by atoms with van der Waals surface area (Å²) in [7, 11) is -4.37. The number of halogens is 1. The largest absolute Gasteiger partial charge is 0.492 e. The Labute approximate surface area is 191 Å². The molecule has 12 heteroatoms. The van der Waals surface area contributed by atoms with Crippen LogP contribution in [0.2, 0.25) is 5.02 Å². The van der Waals surface area contributed by atoms with Gasteiger partial charge in [0.05, 0.1) is 11.8 Å². The van der Waals surface area contributed by atoms with Crippen molar-refractivity contribution in [2.75, 3.05) is 12.9 Å². The van der Waals surface area contributed by atoms with Crippen LogP contribution in [0.4, 0.5) is 0 Å². The lowest BCUT2D eigenvalue weighted by Crippen LogP contribution is -2.16. The molecule has 0 saturated heterocycles. The van der Waals surface area contributed by atoms with Crippen LogP contribution in [0, 0.1) is 0 Å². The van der Waals surface area contributed by atoms with Crippen LogP contribution < -0.4 is 15.6 Å². The number of hydrogen-bond donors (Lipinski definition) is 3. The number of nitrogens with one attached hydrogen (secondary N) is 1. The average molecular weight is 493 g/mol. The lowest BCUT2D eigenvalue weighted by atomic mass is 10.2. The van der Waals surface area contributed by atoms with Crippen molar-refractivity contribution in [3.63, 3.8) is 0 Å². The highest BCUT2D eigenvalue weighted by Gasteiger charge is 2.20. The van der Waals surface area contributed by atoms with Crippen LogP contribution in [0.15, 0.2) is 58.5 Å². The lowest BCUT2D eigenvalue weighted by Gasteiger charge is -2.11. The van der Waals surface area contributed by atoms with Gasteiger partial charge in [-0.1, -0.05) is 35.5 Å². The zero-order valence-corrected chi connectivity index (χ0v) is 19.2. The molecule has 0 saturated carbocycles. The minimum absolute atomic E-state index is 0.101. The van der Waals surface area contributed by atoms with Gasteiger partial charge in [0.25, 0.3) is 5.56 Å². The second kappa shape index (κ2) is 9.09. The van der Waals surface area contributed by atoms with Crippen LogP contribution in [0.5, 0.6) is 5.75 Å². The van der Waals surface area contributed by atoms with E-state index in [0.29, 0.717) is 27.3 Å². The predicted molar refractivity (Wildman–Crippen MR) is 124 cm³/mol. The Hall–Kier alpha value is -2.62. The summed E-state index contributed by atoms with van der Waals surface area (Å²) in [6, 6.07) is 12.7. The number of hydrogen-bond acceptors (Lipinski definition) is 6. The van der Waals surface area contributed by atoms with Crippen molar-refractivity contribution in [1.29, 1.82) is 0 Å². The third-order valence-electron chi connectivity index (χ3n) is 4.64. The molecule has 3 N–H and O–H groups in total. The molecule has 2 aromatic carbocycles. The van der Waals surface area contributed by atoms with Gasteiger partial charge in [-0.25, -0.2) is 9.97 Å². The lowest BCUT2D eigenvalue weighted by molar-refractivity contribution is 0.300. The third kappa shape index (κ3) is 4.74. The second-order valence-electron chi connectivity index (χ2n) is 6.73. The summed E-state index contributed by atoms with van der Waals surface area (Å²) in [4.78, 5) is 43.1. The molecule has 32 heavy (non-hydrogen) atoms. The fourth-order valence-corrected chi connectivity index (χ4v) is 4.18. The van der Waals surface area contributed by atoms with Crippen LogP contribution in [0.3, 0.4) is 0 Å². The Morgan fingerprint density at radius 2 is 1.81 bits per heavy atom. The van der Waals surface area contributed by atoms with Gasteiger partial charge in [-0.2, -0.15) is 0 Å². The number of H-pyrrole nitrogens is 1. The molecule has 0 radical (unpaired) electrons. The van der Waals surface area contributed by atoms with Crippen LogP contribution in [0.1, 0.15) is 0 Å². The zero-order chi connectivity index (χ0) is 22.9. The number of ether oxygens (including phenoxy) is 1. The van der Waals surface area contributed by atoms with Crippen molar-refractivity contribution in [2.24, 2.45) is 0 Å². The summed E-state index contributed by atoms with van der Waals surface area (Å²) >= 11 is 7.19. The number of thioether (sulfide) groups is 1. The number of fused-ring (bicyclic) bond motifs is 1. The quantitative estimate of drug-likeness (QED) is 0.204. The Balaban J connectivity index is 1.73. The first-order chi connectivity index (χ1) is 15.3. The monoisotopic (exact) mass is 492 g/mol. The molecular formula is C20H18ClN4O5PS. The van der Waals surface area contributed by atoms with Gasteiger partial charge in [0.2, 0.25) is 0 Å². The van der Waals surface area contributed by atoms with Gasteiger partial charge in [-0.3, -0.25) is 14.3 Å². The van der Waals surface area contributed by atoms with Gasteiger partial charge in [-0.05, 0) is 42.7 Å². The fraction of sp³-hybridized carbons (Fsp3) is 0.150. The van der Waals surface area contributed by atoms with Crippen molar-refractivity contribution in [3.8, 4) is 17.1 Å². The second-order valence-corrected chi connectivity index (χ2v) is 9.56. The molecule has 0 bridgehead atoms. The molecule has 0 amide bonds. The first-order valence-electron chi connectivity index (χ1n) is 9.36. The Morgan fingerprint density at radius 3 is 2.44 bits per heavy atom. The summed E-state index contributed by atoms with van der Waals surface area (Å²) in [6.07, 6.45) is 1.79. The molecule has 4 rings (SSSR count). The average Bonchev–Trinajstić information content (AvgIpc) is 3.13. The molecule has 0 aliphatic carbocycles. The number of aromatic nitrogens is 4. The SMILES string of the molecule is CSc1nc2nc(-c3ccc(P(=O)(O)O)cc3)n(CCOc3ccc(Cl)cc3)c2c(=O)[nH]1. The topological polar surface area (TPSA) is 130 Å². The van der Waals surface area contributed by atoms with E-state index in [1.165, 1.54) is 23.9 Å². The molecule has 0 spiro atoms. The van der Waals surface area contributed by atoms with Crippen LogP contribution >= 0.6 is 31.0 Å². The van der Waals surface area contributed by atoms with E-state index in [9.17, 15) is 19.1 Å². The van der Waals surface area contributed by atoms with Crippen molar-refractivity contribution >= 4 is 47.4 Å². The predicted octanol–water partition coefficient (Wildman–Crippen LogP) is 3.04. The van der Waals surface area contributed by atoms with E-state index in [4.69, 9.17) is 16.3 Å². The molecule has 2 aromatic heterocycles.